The lowest BCUT2D eigenvalue weighted by molar-refractivity contribution is 1.50. The fourth-order valence-electron chi connectivity index (χ4n) is 1.39. The van der Waals surface area contributed by atoms with Crippen LogP contribution in [0.2, 0.25) is 0 Å². The summed E-state index contributed by atoms with van der Waals surface area (Å²) >= 11 is 8.05. The van der Waals surface area contributed by atoms with Crippen LogP contribution in [0.5, 0.6) is 0 Å². The molecular formula is C12H9BrI2N2. The first-order chi connectivity index (χ1) is 8.06. The first kappa shape index (κ1) is 13.4. The van der Waals surface area contributed by atoms with Crippen molar-refractivity contribution in [3.8, 4) is 0 Å². The van der Waals surface area contributed by atoms with E-state index in [0.717, 1.165) is 25.1 Å². The third-order valence-electron chi connectivity index (χ3n) is 2.21. The molecule has 0 atom stereocenters. The third kappa shape index (κ3) is 3.47. The molecule has 3 N–H and O–H groups in total. The van der Waals surface area contributed by atoms with Crippen LogP contribution in [0.1, 0.15) is 0 Å². The van der Waals surface area contributed by atoms with Crippen molar-refractivity contribution >= 4 is 78.2 Å². The summed E-state index contributed by atoms with van der Waals surface area (Å²) < 4.78 is 3.33. The molecule has 0 aromatic heterocycles. The van der Waals surface area contributed by atoms with Crippen molar-refractivity contribution in [1.82, 2.24) is 0 Å². The van der Waals surface area contributed by atoms with E-state index in [4.69, 9.17) is 5.73 Å². The summed E-state index contributed by atoms with van der Waals surface area (Å²) in [6, 6.07) is 12.1. The average molecular weight is 515 g/mol. The smallest absolute Gasteiger partial charge is 0.0618 e. The second-order valence-electron chi connectivity index (χ2n) is 3.48. The van der Waals surface area contributed by atoms with Crippen LogP contribution < -0.4 is 11.1 Å². The molecule has 0 heterocycles. The molecule has 0 spiro atoms. The Kier molecular flexibility index (Phi) is 4.53. The topological polar surface area (TPSA) is 38.0 Å². The first-order valence-corrected chi connectivity index (χ1v) is 7.78. The highest BCUT2D eigenvalue weighted by Gasteiger charge is 2.04. The van der Waals surface area contributed by atoms with Crippen LogP contribution in [0, 0.1) is 7.14 Å². The largest absolute Gasteiger partial charge is 0.397 e. The second kappa shape index (κ2) is 5.75. The van der Waals surface area contributed by atoms with Crippen LogP contribution in [0.3, 0.4) is 0 Å². The van der Waals surface area contributed by atoms with Crippen molar-refractivity contribution in [2.75, 3.05) is 11.1 Å². The summed E-state index contributed by atoms with van der Waals surface area (Å²) in [6.45, 7) is 0. The lowest BCUT2D eigenvalue weighted by Crippen LogP contribution is -1.97. The van der Waals surface area contributed by atoms with Gasteiger partial charge in [0.05, 0.1) is 17.1 Å². The Hall–Kier alpha value is -0.0200. The minimum atomic E-state index is 0.752. The molecule has 0 saturated heterocycles. The van der Waals surface area contributed by atoms with Crippen LogP contribution in [-0.2, 0) is 0 Å². The SMILES string of the molecule is Nc1cc(I)ccc1Nc1cc(I)ccc1Br. The van der Waals surface area contributed by atoms with Gasteiger partial charge in [-0.1, -0.05) is 0 Å². The van der Waals surface area contributed by atoms with Crippen molar-refractivity contribution < 1.29 is 0 Å². The van der Waals surface area contributed by atoms with E-state index in [1.807, 2.05) is 30.3 Å². The van der Waals surface area contributed by atoms with Crippen LogP contribution in [0.15, 0.2) is 40.9 Å². The summed E-state index contributed by atoms with van der Waals surface area (Å²) in [7, 11) is 0. The molecular weight excluding hydrogens is 506 g/mol. The zero-order chi connectivity index (χ0) is 12.4. The van der Waals surface area contributed by atoms with Crippen molar-refractivity contribution in [1.29, 1.82) is 0 Å². The predicted octanol–water partition coefficient (Wildman–Crippen LogP) is 4.98. The van der Waals surface area contributed by atoms with Crippen molar-refractivity contribution in [3.63, 3.8) is 0 Å². The summed E-state index contributed by atoms with van der Waals surface area (Å²) in [4.78, 5) is 0. The molecule has 0 aliphatic carbocycles. The van der Waals surface area contributed by atoms with Gasteiger partial charge in [-0.25, -0.2) is 0 Å². The van der Waals surface area contributed by atoms with E-state index in [1.165, 1.54) is 3.57 Å². The molecule has 5 heteroatoms. The van der Waals surface area contributed by atoms with E-state index in [0.29, 0.717) is 0 Å². The van der Waals surface area contributed by atoms with Gasteiger partial charge in [-0.05, 0) is 97.5 Å². The van der Waals surface area contributed by atoms with E-state index < -0.39 is 0 Å². The molecule has 88 valence electrons. The number of hydrogen-bond donors (Lipinski definition) is 2. The van der Waals surface area contributed by atoms with Crippen LogP contribution >= 0.6 is 61.1 Å². The van der Waals surface area contributed by atoms with Gasteiger partial charge in [0.15, 0.2) is 0 Å². The van der Waals surface area contributed by atoms with Gasteiger partial charge in [-0.2, -0.15) is 0 Å². The number of rotatable bonds is 2. The maximum Gasteiger partial charge on any atom is 0.0618 e. The van der Waals surface area contributed by atoms with E-state index in [-0.39, 0.29) is 0 Å². The van der Waals surface area contributed by atoms with Gasteiger partial charge in [0.1, 0.15) is 0 Å². The van der Waals surface area contributed by atoms with Crippen molar-refractivity contribution in [3.05, 3.63) is 48.0 Å². The van der Waals surface area contributed by atoms with Gasteiger partial charge in [-0.3, -0.25) is 0 Å². The predicted molar refractivity (Wildman–Crippen MR) is 93.7 cm³/mol. The van der Waals surface area contributed by atoms with Gasteiger partial charge in [-0.15, -0.1) is 0 Å². The highest BCUT2D eigenvalue weighted by Crippen LogP contribution is 2.30. The molecule has 0 bridgehead atoms. The minimum absolute atomic E-state index is 0.752. The zero-order valence-electron chi connectivity index (χ0n) is 8.68. The molecule has 0 radical (unpaired) electrons. The molecule has 0 amide bonds. The Labute approximate surface area is 136 Å². The number of nitrogens with two attached hydrogens (primary N) is 1. The second-order valence-corrected chi connectivity index (χ2v) is 6.83. The summed E-state index contributed by atoms with van der Waals surface area (Å²) in [5.41, 5.74) is 8.67. The number of halogens is 3. The molecule has 0 saturated carbocycles. The Morgan fingerprint density at radius 2 is 1.59 bits per heavy atom. The number of hydrogen-bond acceptors (Lipinski definition) is 2. The number of nitrogens with one attached hydrogen (secondary N) is 1. The summed E-state index contributed by atoms with van der Waals surface area (Å²) in [6.07, 6.45) is 0. The Morgan fingerprint density at radius 1 is 0.941 bits per heavy atom. The molecule has 0 aliphatic rings. The highest BCUT2D eigenvalue weighted by atomic mass is 127. The maximum atomic E-state index is 5.97. The van der Waals surface area contributed by atoms with Gasteiger partial charge >= 0.3 is 0 Å². The lowest BCUT2D eigenvalue weighted by atomic mass is 10.2. The molecule has 0 fully saturated rings. The van der Waals surface area contributed by atoms with Gasteiger partial charge in [0, 0.05) is 11.6 Å². The number of nitrogen functional groups attached to an aromatic ring is 1. The Morgan fingerprint density at radius 3 is 2.29 bits per heavy atom. The Balaban J connectivity index is 2.34. The lowest BCUT2D eigenvalue weighted by Gasteiger charge is -2.11. The fraction of sp³-hybridized carbons (Fsp3) is 0. The molecule has 2 aromatic rings. The monoisotopic (exact) mass is 514 g/mol. The third-order valence-corrected chi connectivity index (χ3v) is 4.24. The quantitative estimate of drug-likeness (QED) is 0.438. The van der Waals surface area contributed by atoms with E-state index in [2.05, 4.69) is 72.5 Å². The average Bonchev–Trinajstić information content (AvgIpc) is 2.27. The summed E-state index contributed by atoms with van der Waals surface area (Å²) in [5, 5.41) is 3.33. The molecule has 17 heavy (non-hydrogen) atoms. The van der Waals surface area contributed by atoms with Gasteiger partial charge in [0.25, 0.3) is 0 Å². The van der Waals surface area contributed by atoms with E-state index >= 15 is 0 Å². The first-order valence-electron chi connectivity index (χ1n) is 4.83. The normalized spacial score (nSPS) is 10.3. The number of anilines is 3. The Bertz CT molecular complexity index is 558. The maximum absolute atomic E-state index is 5.97. The van der Waals surface area contributed by atoms with E-state index in [9.17, 15) is 0 Å². The zero-order valence-corrected chi connectivity index (χ0v) is 14.6. The van der Waals surface area contributed by atoms with Crippen LogP contribution in [0.4, 0.5) is 17.1 Å². The van der Waals surface area contributed by atoms with Gasteiger partial charge in [0.2, 0.25) is 0 Å². The standard InChI is InChI=1S/C12H9BrI2N2/c13-9-3-1-8(15)6-12(9)17-11-4-2-7(14)5-10(11)16/h1-6,17H,16H2. The van der Waals surface area contributed by atoms with Crippen LogP contribution in [0.25, 0.3) is 0 Å². The molecule has 2 nitrogen and oxygen atoms in total. The number of benzene rings is 2. The molecule has 0 aliphatic heterocycles. The van der Waals surface area contributed by atoms with Crippen molar-refractivity contribution in [2.45, 2.75) is 0 Å². The molecule has 0 unspecified atom stereocenters. The minimum Gasteiger partial charge on any atom is -0.397 e. The van der Waals surface area contributed by atoms with E-state index in [1.54, 1.807) is 0 Å². The highest BCUT2D eigenvalue weighted by molar-refractivity contribution is 14.1. The van der Waals surface area contributed by atoms with Crippen molar-refractivity contribution in [2.24, 2.45) is 0 Å². The molecule has 2 aromatic carbocycles. The van der Waals surface area contributed by atoms with Crippen LogP contribution in [-0.4, -0.2) is 0 Å². The molecule has 2 rings (SSSR count). The van der Waals surface area contributed by atoms with Gasteiger partial charge < -0.3 is 11.1 Å². The summed E-state index contributed by atoms with van der Waals surface area (Å²) in [5.74, 6) is 0. The fourth-order valence-corrected chi connectivity index (χ4v) is 2.74.